The third-order valence-corrected chi connectivity index (χ3v) is 3.30. The van der Waals surface area contributed by atoms with Crippen molar-refractivity contribution in [2.45, 2.75) is 12.7 Å². The third-order valence-electron chi connectivity index (χ3n) is 2.73. The summed E-state index contributed by atoms with van der Waals surface area (Å²) in [7, 11) is 0. The summed E-state index contributed by atoms with van der Waals surface area (Å²) in [5.41, 5.74) is -0.776. The summed E-state index contributed by atoms with van der Waals surface area (Å²) in [6.07, 6.45) is -3.29. The lowest BCUT2D eigenvalue weighted by Crippen LogP contribution is -2.27. The van der Waals surface area contributed by atoms with Crippen LogP contribution in [0.25, 0.3) is 0 Å². The molecule has 0 atom stereocenters. The van der Waals surface area contributed by atoms with E-state index in [-0.39, 0.29) is 23.7 Å². The monoisotopic (exact) mass is 351 g/mol. The van der Waals surface area contributed by atoms with E-state index >= 15 is 0 Å². The first-order valence-electron chi connectivity index (χ1n) is 6.11. The van der Waals surface area contributed by atoms with E-state index in [1.54, 1.807) is 6.07 Å². The van der Waals surface area contributed by atoms with E-state index in [2.05, 4.69) is 10.4 Å². The number of halogens is 5. The molecule has 0 saturated carbocycles. The van der Waals surface area contributed by atoms with Gasteiger partial charge in [-0.1, -0.05) is 23.2 Å². The third kappa shape index (κ3) is 4.14. The van der Waals surface area contributed by atoms with Gasteiger partial charge >= 0.3 is 6.18 Å². The van der Waals surface area contributed by atoms with Crippen LogP contribution in [0.3, 0.4) is 0 Å². The minimum absolute atomic E-state index is 0.0972. The van der Waals surface area contributed by atoms with Crippen LogP contribution in [0.2, 0.25) is 10.0 Å². The maximum Gasteiger partial charge on any atom is 0.435 e. The lowest BCUT2D eigenvalue weighted by molar-refractivity contribution is -0.141. The summed E-state index contributed by atoms with van der Waals surface area (Å²) in [5.74, 6) is -0.462. The Bertz CT molecular complexity index is 685. The average molecular weight is 352 g/mol. The van der Waals surface area contributed by atoms with E-state index in [9.17, 15) is 18.0 Å². The molecular weight excluding hydrogens is 342 g/mol. The van der Waals surface area contributed by atoms with Gasteiger partial charge in [-0.15, -0.1) is 0 Å². The van der Waals surface area contributed by atoms with E-state index < -0.39 is 17.8 Å². The van der Waals surface area contributed by atoms with Crippen molar-refractivity contribution in [2.24, 2.45) is 0 Å². The zero-order chi connectivity index (χ0) is 16.3. The fourth-order valence-electron chi connectivity index (χ4n) is 1.69. The molecule has 2 rings (SSSR count). The molecule has 1 N–H and O–H groups in total. The average Bonchev–Trinajstić information content (AvgIpc) is 2.90. The summed E-state index contributed by atoms with van der Waals surface area (Å²) in [5, 5.41) is 6.51. The van der Waals surface area contributed by atoms with Crippen LogP contribution in [0.4, 0.5) is 13.2 Å². The number of hydrogen-bond acceptors (Lipinski definition) is 2. The number of carbonyl (C=O) groups is 1. The molecule has 22 heavy (non-hydrogen) atoms. The normalized spacial score (nSPS) is 11.5. The van der Waals surface area contributed by atoms with Crippen LogP contribution >= 0.6 is 23.2 Å². The molecule has 0 spiro atoms. The van der Waals surface area contributed by atoms with E-state index in [1.807, 2.05) is 0 Å². The van der Waals surface area contributed by atoms with Crippen LogP contribution in [0, 0.1) is 0 Å². The molecule has 1 aromatic heterocycles. The van der Waals surface area contributed by atoms with Crippen LogP contribution in [0.15, 0.2) is 30.5 Å². The molecule has 0 unspecified atom stereocenters. The fraction of sp³-hybridized carbons (Fsp3) is 0.231. The van der Waals surface area contributed by atoms with Crippen LogP contribution in [-0.2, 0) is 12.7 Å². The number of alkyl halides is 3. The summed E-state index contributed by atoms with van der Waals surface area (Å²) in [6.45, 7) is 0.195. The van der Waals surface area contributed by atoms with Gasteiger partial charge in [0, 0.05) is 17.8 Å². The Morgan fingerprint density at radius 1 is 1.27 bits per heavy atom. The molecule has 0 aliphatic heterocycles. The second-order valence-corrected chi connectivity index (χ2v) is 5.19. The molecule has 4 nitrogen and oxygen atoms in total. The van der Waals surface area contributed by atoms with Gasteiger partial charge in [0.15, 0.2) is 5.69 Å². The molecule has 0 fully saturated rings. The number of nitrogens with one attached hydrogen (secondary N) is 1. The van der Waals surface area contributed by atoms with E-state index in [0.29, 0.717) is 5.02 Å². The Labute approximate surface area is 133 Å². The first-order chi connectivity index (χ1) is 10.3. The number of benzene rings is 1. The Kier molecular flexibility index (Phi) is 4.97. The van der Waals surface area contributed by atoms with Gasteiger partial charge in [0.25, 0.3) is 5.91 Å². The Morgan fingerprint density at radius 2 is 2.00 bits per heavy atom. The second-order valence-electron chi connectivity index (χ2n) is 4.34. The zero-order valence-electron chi connectivity index (χ0n) is 11.0. The maximum absolute atomic E-state index is 12.4. The molecule has 118 valence electrons. The highest BCUT2D eigenvalue weighted by atomic mass is 35.5. The highest BCUT2D eigenvalue weighted by molar-refractivity contribution is 6.35. The Morgan fingerprint density at radius 3 is 2.64 bits per heavy atom. The molecule has 1 amide bonds. The lowest BCUT2D eigenvalue weighted by Gasteiger charge is -2.07. The second kappa shape index (κ2) is 6.58. The highest BCUT2D eigenvalue weighted by Gasteiger charge is 2.33. The standard InChI is InChI=1S/C13H10Cl2F3N3O/c14-8-1-2-10(15)9(7-8)12(22)19-4-6-21-5-3-11(20-21)13(16,17)18/h1-3,5,7H,4,6H2,(H,19,22). The van der Waals surface area contributed by atoms with Gasteiger partial charge in [0.1, 0.15) is 0 Å². The maximum atomic E-state index is 12.4. The van der Waals surface area contributed by atoms with Crippen molar-refractivity contribution in [1.82, 2.24) is 15.1 Å². The van der Waals surface area contributed by atoms with E-state index in [1.165, 1.54) is 18.3 Å². The number of carbonyl (C=O) groups excluding carboxylic acids is 1. The van der Waals surface area contributed by atoms with Gasteiger partial charge in [-0.25, -0.2) is 0 Å². The predicted molar refractivity (Wildman–Crippen MR) is 76.0 cm³/mol. The van der Waals surface area contributed by atoms with Crippen molar-refractivity contribution < 1.29 is 18.0 Å². The first-order valence-corrected chi connectivity index (χ1v) is 6.87. The van der Waals surface area contributed by atoms with Gasteiger partial charge in [-0.05, 0) is 24.3 Å². The van der Waals surface area contributed by atoms with Gasteiger partial charge in [0.05, 0.1) is 17.1 Å². The van der Waals surface area contributed by atoms with Gasteiger partial charge in [-0.3, -0.25) is 9.48 Å². The quantitative estimate of drug-likeness (QED) is 0.913. The number of amides is 1. The topological polar surface area (TPSA) is 46.9 Å². The SMILES string of the molecule is O=C(NCCn1ccc(C(F)(F)F)n1)c1cc(Cl)ccc1Cl. The molecule has 1 heterocycles. The minimum Gasteiger partial charge on any atom is -0.350 e. The van der Waals surface area contributed by atoms with Gasteiger partial charge in [0.2, 0.25) is 0 Å². The number of nitrogens with zero attached hydrogens (tertiary/aromatic N) is 2. The number of hydrogen-bond donors (Lipinski definition) is 1. The largest absolute Gasteiger partial charge is 0.435 e. The number of rotatable bonds is 4. The molecule has 1 aromatic carbocycles. The van der Waals surface area contributed by atoms with Gasteiger partial charge in [-0.2, -0.15) is 18.3 Å². The van der Waals surface area contributed by atoms with Crippen LogP contribution < -0.4 is 5.32 Å². The Balaban J connectivity index is 1.92. The molecular formula is C13H10Cl2F3N3O. The first kappa shape index (κ1) is 16.6. The zero-order valence-corrected chi connectivity index (χ0v) is 12.5. The van der Waals surface area contributed by atoms with Crippen molar-refractivity contribution in [2.75, 3.05) is 6.54 Å². The summed E-state index contributed by atoms with van der Waals surface area (Å²) in [4.78, 5) is 11.9. The van der Waals surface area contributed by atoms with Crippen molar-refractivity contribution in [3.63, 3.8) is 0 Å². The fourth-order valence-corrected chi connectivity index (χ4v) is 2.06. The van der Waals surface area contributed by atoms with Crippen molar-refractivity contribution in [1.29, 1.82) is 0 Å². The number of aromatic nitrogens is 2. The van der Waals surface area contributed by atoms with Crippen LogP contribution in [0.1, 0.15) is 16.1 Å². The molecule has 0 saturated heterocycles. The molecule has 9 heteroatoms. The highest BCUT2D eigenvalue weighted by Crippen LogP contribution is 2.27. The summed E-state index contributed by atoms with van der Waals surface area (Å²) >= 11 is 11.7. The minimum atomic E-state index is -4.48. The molecule has 0 radical (unpaired) electrons. The predicted octanol–water partition coefficient (Wildman–Crippen LogP) is 3.64. The summed E-state index contributed by atoms with van der Waals surface area (Å²) < 4.78 is 38.2. The van der Waals surface area contributed by atoms with Crippen molar-refractivity contribution in [3.8, 4) is 0 Å². The van der Waals surface area contributed by atoms with Crippen LogP contribution in [0.5, 0.6) is 0 Å². The van der Waals surface area contributed by atoms with Gasteiger partial charge < -0.3 is 5.32 Å². The molecule has 2 aromatic rings. The molecule has 0 aliphatic rings. The lowest BCUT2D eigenvalue weighted by atomic mass is 10.2. The smallest absolute Gasteiger partial charge is 0.350 e. The van der Waals surface area contributed by atoms with Crippen molar-refractivity contribution >= 4 is 29.1 Å². The van der Waals surface area contributed by atoms with E-state index in [0.717, 1.165) is 10.7 Å². The van der Waals surface area contributed by atoms with E-state index in [4.69, 9.17) is 23.2 Å². The molecule has 0 aliphatic carbocycles. The van der Waals surface area contributed by atoms with Crippen molar-refractivity contribution in [3.05, 3.63) is 51.8 Å². The summed E-state index contributed by atoms with van der Waals surface area (Å²) in [6, 6.07) is 5.32. The Hall–Kier alpha value is -1.73. The molecule has 0 bridgehead atoms. The van der Waals surface area contributed by atoms with Crippen LogP contribution in [-0.4, -0.2) is 22.2 Å².